The minimum absolute atomic E-state index is 0.359. The minimum Gasteiger partial charge on any atom is -0.485 e. The lowest BCUT2D eigenvalue weighted by Gasteiger charge is -2.17. The lowest BCUT2D eigenvalue weighted by molar-refractivity contribution is 0.302. The summed E-state index contributed by atoms with van der Waals surface area (Å²) in [5.41, 5.74) is 6.58. The summed E-state index contributed by atoms with van der Waals surface area (Å²) >= 11 is 1.78. The Hall–Kier alpha value is -3.38. The first-order valence-electron chi connectivity index (χ1n) is 11.4. The quantitative estimate of drug-likeness (QED) is 0.296. The van der Waals surface area contributed by atoms with Gasteiger partial charge in [-0.05, 0) is 28.6 Å². The van der Waals surface area contributed by atoms with Crippen LogP contribution in [0.4, 0.5) is 0 Å². The molecule has 1 aliphatic rings. The number of hydrogen-bond acceptors (Lipinski definition) is 4. The number of H-pyrrole nitrogens is 2. The fourth-order valence-electron chi connectivity index (χ4n) is 4.31. The number of aromatic amines is 2. The molecule has 4 heterocycles. The Balaban J connectivity index is 1.36. The number of fused-ring (bicyclic) bond motifs is 5. The van der Waals surface area contributed by atoms with E-state index in [1.807, 2.05) is 6.20 Å². The van der Waals surface area contributed by atoms with Gasteiger partial charge in [-0.3, -0.25) is 0 Å². The van der Waals surface area contributed by atoms with Crippen molar-refractivity contribution in [3.8, 4) is 38.7 Å². The number of hydrogen-bond donors (Lipinski definition) is 2. The van der Waals surface area contributed by atoms with Gasteiger partial charge in [0.15, 0.2) is 0 Å². The van der Waals surface area contributed by atoms with Crippen LogP contribution in [0, 0.1) is 0 Å². The summed E-state index contributed by atoms with van der Waals surface area (Å²) in [6.07, 6.45) is 1.92. The number of aromatic nitrogens is 4. The van der Waals surface area contributed by atoms with Crippen LogP contribution in [0.1, 0.15) is 56.9 Å². The summed E-state index contributed by atoms with van der Waals surface area (Å²) in [5.74, 6) is 3.73. The first kappa shape index (κ1) is 20.2. The number of imidazole rings is 2. The van der Waals surface area contributed by atoms with Gasteiger partial charge in [0.1, 0.15) is 24.0 Å². The molecule has 3 aromatic heterocycles. The van der Waals surface area contributed by atoms with Gasteiger partial charge in [0.2, 0.25) is 0 Å². The molecule has 2 aromatic carbocycles. The summed E-state index contributed by atoms with van der Waals surface area (Å²) in [5, 5.41) is 1.20. The third-order valence-electron chi connectivity index (χ3n) is 6.22. The van der Waals surface area contributed by atoms with Crippen LogP contribution in [0.25, 0.3) is 43.0 Å². The second-order valence-corrected chi connectivity index (χ2v) is 10.3. The van der Waals surface area contributed by atoms with Crippen molar-refractivity contribution < 1.29 is 4.74 Å². The van der Waals surface area contributed by atoms with E-state index in [0.29, 0.717) is 18.4 Å². The van der Waals surface area contributed by atoms with E-state index in [-0.39, 0.29) is 0 Å². The lowest BCUT2D eigenvalue weighted by atomic mass is 10.0. The van der Waals surface area contributed by atoms with E-state index in [4.69, 9.17) is 9.72 Å². The van der Waals surface area contributed by atoms with Crippen molar-refractivity contribution in [1.82, 2.24) is 19.9 Å². The average Bonchev–Trinajstić information content (AvgIpc) is 3.56. The summed E-state index contributed by atoms with van der Waals surface area (Å²) in [4.78, 5) is 17.5. The van der Waals surface area contributed by atoms with Crippen molar-refractivity contribution in [2.75, 3.05) is 0 Å². The molecule has 0 radical (unpaired) electrons. The predicted molar refractivity (Wildman–Crippen MR) is 135 cm³/mol. The zero-order chi connectivity index (χ0) is 22.7. The van der Waals surface area contributed by atoms with Gasteiger partial charge in [0.05, 0.1) is 28.0 Å². The standard InChI is InChI=1S/C27H26N4OS/c1-14(2)26-28-12-20(29-26)16-5-7-17(8-6-16)22-11-18-9-10-19-23-21(30-27(31-23)15(3)4)13-32-24(19)25(18)33-22/h5-12,14-15H,13H2,1-4H3,(H,28,29)(H,30,31). The van der Waals surface area contributed by atoms with Gasteiger partial charge in [0.25, 0.3) is 0 Å². The van der Waals surface area contributed by atoms with Crippen LogP contribution in [0.5, 0.6) is 5.75 Å². The Morgan fingerprint density at radius 3 is 2.39 bits per heavy atom. The summed E-state index contributed by atoms with van der Waals surface area (Å²) in [6.45, 7) is 9.13. The molecule has 5 aromatic rings. The van der Waals surface area contributed by atoms with E-state index < -0.39 is 0 Å². The number of thiophene rings is 1. The summed E-state index contributed by atoms with van der Waals surface area (Å²) in [7, 11) is 0. The number of benzene rings is 2. The molecule has 0 amide bonds. The Bertz CT molecular complexity index is 1470. The minimum atomic E-state index is 0.359. The second kappa shape index (κ2) is 7.59. The largest absolute Gasteiger partial charge is 0.485 e. The van der Waals surface area contributed by atoms with Gasteiger partial charge < -0.3 is 14.7 Å². The van der Waals surface area contributed by atoms with Crippen molar-refractivity contribution in [1.29, 1.82) is 0 Å². The highest BCUT2D eigenvalue weighted by atomic mass is 32.1. The van der Waals surface area contributed by atoms with Crippen molar-refractivity contribution in [2.24, 2.45) is 0 Å². The third-order valence-corrected chi connectivity index (χ3v) is 7.42. The van der Waals surface area contributed by atoms with E-state index in [0.717, 1.165) is 45.6 Å². The van der Waals surface area contributed by atoms with Crippen LogP contribution in [0.3, 0.4) is 0 Å². The van der Waals surface area contributed by atoms with E-state index in [9.17, 15) is 0 Å². The zero-order valence-electron chi connectivity index (χ0n) is 19.2. The van der Waals surface area contributed by atoms with Crippen molar-refractivity contribution >= 4 is 21.4 Å². The highest BCUT2D eigenvalue weighted by molar-refractivity contribution is 7.22. The summed E-state index contributed by atoms with van der Waals surface area (Å²) in [6, 6.07) is 15.3. The molecule has 0 saturated carbocycles. The van der Waals surface area contributed by atoms with Gasteiger partial charge in [0, 0.05) is 22.3 Å². The van der Waals surface area contributed by atoms with Crippen LogP contribution in [0.15, 0.2) is 48.7 Å². The molecule has 0 saturated heterocycles. The molecule has 0 bridgehead atoms. The monoisotopic (exact) mass is 454 g/mol. The van der Waals surface area contributed by atoms with Crippen molar-refractivity contribution in [2.45, 2.75) is 46.1 Å². The molecule has 0 aliphatic carbocycles. The maximum absolute atomic E-state index is 6.23. The summed E-state index contributed by atoms with van der Waals surface area (Å²) < 4.78 is 7.41. The van der Waals surface area contributed by atoms with Crippen LogP contribution in [-0.2, 0) is 6.61 Å². The Labute approximate surface area is 196 Å². The Morgan fingerprint density at radius 1 is 0.909 bits per heavy atom. The zero-order valence-corrected chi connectivity index (χ0v) is 20.0. The number of ether oxygens (including phenoxy) is 1. The molecule has 0 spiro atoms. The smallest absolute Gasteiger partial charge is 0.147 e. The molecular formula is C27H26N4OS. The molecule has 0 atom stereocenters. The lowest BCUT2D eigenvalue weighted by Crippen LogP contribution is -2.05. The fraction of sp³-hybridized carbons (Fsp3) is 0.259. The van der Waals surface area contributed by atoms with Crippen LogP contribution >= 0.6 is 11.3 Å². The van der Waals surface area contributed by atoms with E-state index in [2.05, 4.69) is 85.1 Å². The first-order valence-corrected chi connectivity index (χ1v) is 12.2. The normalized spacial score (nSPS) is 12.9. The Kier molecular flexibility index (Phi) is 4.66. The van der Waals surface area contributed by atoms with Gasteiger partial charge >= 0.3 is 0 Å². The van der Waals surface area contributed by atoms with E-state index >= 15 is 0 Å². The van der Waals surface area contributed by atoms with Gasteiger partial charge in [-0.15, -0.1) is 11.3 Å². The molecule has 5 nitrogen and oxygen atoms in total. The maximum Gasteiger partial charge on any atom is 0.147 e. The molecule has 1 aliphatic heterocycles. The molecule has 0 unspecified atom stereocenters. The van der Waals surface area contributed by atoms with Gasteiger partial charge in [-0.2, -0.15) is 0 Å². The number of nitrogens with zero attached hydrogens (tertiary/aromatic N) is 2. The second-order valence-electron chi connectivity index (χ2n) is 9.28. The highest BCUT2D eigenvalue weighted by Gasteiger charge is 2.25. The van der Waals surface area contributed by atoms with E-state index in [1.165, 1.54) is 20.5 Å². The van der Waals surface area contributed by atoms with Crippen LogP contribution < -0.4 is 4.74 Å². The van der Waals surface area contributed by atoms with Gasteiger partial charge in [-0.1, -0.05) is 58.0 Å². The molecular weight excluding hydrogens is 428 g/mol. The molecule has 6 heteroatoms. The third kappa shape index (κ3) is 3.37. The van der Waals surface area contributed by atoms with Crippen LogP contribution in [0.2, 0.25) is 0 Å². The van der Waals surface area contributed by atoms with Gasteiger partial charge in [-0.25, -0.2) is 9.97 Å². The highest BCUT2D eigenvalue weighted by Crippen LogP contribution is 2.46. The molecule has 0 fully saturated rings. The van der Waals surface area contributed by atoms with Crippen molar-refractivity contribution in [3.63, 3.8) is 0 Å². The molecule has 166 valence electrons. The Morgan fingerprint density at radius 2 is 1.67 bits per heavy atom. The fourth-order valence-corrected chi connectivity index (χ4v) is 5.48. The SMILES string of the molecule is CC(C)c1ncc(-c2ccc(-c3cc4ccc5c(c4s3)OCc3[nH]c(C(C)C)nc3-5)cc2)[nH]1. The molecule has 2 N–H and O–H groups in total. The van der Waals surface area contributed by atoms with Crippen LogP contribution in [-0.4, -0.2) is 19.9 Å². The first-order chi connectivity index (χ1) is 16.0. The maximum atomic E-state index is 6.23. The molecule has 33 heavy (non-hydrogen) atoms. The predicted octanol–water partition coefficient (Wildman–Crippen LogP) is 7.49. The van der Waals surface area contributed by atoms with Crippen molar-refractivity contribution in [3.05, 3.63) is 66.0 Å². The number of rotatable bonds is 4. The molecule has 6 rings (SSSR count). The topological polar surface area (TPSA) is 66.6 Å². The van der Waals surface area contributed by atoms with E-state index in [1.54, 1.807) is 11.3 Å². The number of nitrogens with one attached hydrogen (secondary N) is 2. The average molecular weight is 455 g/mol.